The average molecular weight is 457 g/mol. The summed E-state index contributed by atoms with van der Waals surface area (Å²) in [6.07, 6.45) is 0.303. The van der Waals surface area contributed by atoms with E-state index in [4.69, 9.17) is 11.5 Å². The fraction of sp³-hybridized carbons (Fsp3) is 0.231. The number of fused-ring (bicyclic) bond motifs is 2. The van der Waals surface area contributed by atoms with Gasteiger partial charge in [0, 0.05) is 44.9 Å². The first-order valence-electron chi connectivity index (χ1n) is 11.1. The number of amides is 2. The van der Waals surface area contributed by atoms with Gasteiger partial charge in [-0.05, 0) is 75.7 Å². The second-order valence-corrected chi connectivity index (χ2v) is 8.76. The highest BCUT2D eigenvalue weighted by Gasteiger charge is 2.39. The maximum absolute atomic E-state index is 13.2. The number of nitrogen functional groups attached to an aromatic ring is 2. The lowest BCUT2D eigenvalue weighted by Gasteiger charge is -2.26. The van der Waals surface area contributed by atoms with E-state index in [2.05, 4.69) is 20.6 Å². The lowest BCUT2D eigenvalue weighted by atomic mass is 9.85. The van der Waals surface area contributed by atoms with Gasteiger partial charge in [0.25, 0.3) is 0 Å². The largest absolute Gasteiger partial charge is 0.398 e. The molecule has 2 aromatic heterocycles. The number of aryl methyl sites for hydroxylation is 2. The first-order valence-corrected chi connectivity index (χ1v) is 11.1. The summed E-state index contributed by atoms with van der Waals surface area (Å²) < 4.78 is 0. The Morgan fingerprint density at radius 1 is 0.794 bits per heavy atom. The van der Waals surface area contributed by atoms with E-state index in [0.717, 1.165) is 33.2 Å². The summed E-state index contributed by atoms with van der Waals surface area (Å²) in [5, 5.41) is 7.21. The van der Waals surface area contributed by atoms with Crippen LogP contribution in [0.2, 0.25) is 0 Å². The van der Waals surface area contributed by atoms with Gasteiger partial charge in [0.15, 0.2) is 0 Å². The van der Waals surface area contributed by atoms with Gasteiger partial charge in [-0.1, -0.05) is 6.92 Å². The maximum atomic E-state index is 13.2. The summed E-state index contributed by atoms with van der Waals surface area (Å²) in [4.78, 5) is 35.4. The standard InChI is InChI=1S/C26H28N6O2/c1-5-26(4,24(33)31-16-6-8-22-18(12-16)20(27)10-14(2)29-22)25(34)32-17-7-9-23-19(13-17)21(28)11-15(3)30-23/h6-13H,5H2,1-4H3,(H2,27,29)(H2,28,30)(H,31,33)(H,32,34). The molecular formula is C26H28N6O2. The summed E-state index contributed by atoms with van der Waals surface area (Å²) in [5.74, 6) is -0.828. The van der Waals surface area contributed by atoms with Crippen LogP contribution >= 0.6 is 0 Å². The summed E-state index contributed by atoms with van der Waals surface area (Å²) >= 11 is 0. The molecule has 0 aliphatic rings. The highest BCUT2D eigenvalue weighted by molar-refractivity contribution is 6.15. The van der Waals surface area contributed by atoms with E-state index in [0.29, 0.717) is 29.2 Å². The van der Waals surface area contributed by atoms with Crippen LogP contribution in [0.15, 0.2) is 48.5 Å². The Labute approximate surface area is 197 Å². The first-order chi connectivity index (χ1) is 16.1. The van der Waals surface area contributed by atoms with E-state index < -0.39 is 17.2 Å². The molecule has 0 saturated carbocycles. The van der Waals surface area contributed by atoms with Crippen molar-refractivity contribution in [3.8, 4) is 0 Å². The zero-order chi connectivity index (χ0) is 24.6. The molecule has 6 N–H and O–H groups in total. The third-order valence-corrected chi connectivity index (χ3v) is 6.16. The number of anilines is 4. The number of nitrogens with one attached hydrogen (secondary N) is 2. The van der Waals surface area contributed by atoms with Gasteiger partial charge in [-0.3, -0.25) is 19.6 Å². The highest BCUT2D eigenvalue weighted by Crippen LogP contribution is 2.30. The smallest absolute Gasteiger partial charge is 0.239 e. The molecule has 34 heavy (non-hydrogen) atoms. The van der Waals surface area contributed by atoms with Crippen LogP contribution in [0.25, 0.3) is 21.8 Å². The Morgan fingerprint density at radius 2 is 1.21 bits per heavy atom. The van der Waals surface area contributed by atoms with Crippen molar-refractivity contribution in [2.45, 2.75) is 34.1 Å². The molecule has 0 fully saturated rings. The molecule has 2 amide bonds. The number of hydrogen-bond acceptors (Lipinski definition) is 6. The van der Waals surface area contributed by atoms with Crippen LogP contribution in [0, 0.1) is 19.3 Å². The van der Waals surface area contributed by atoms with E-state index in [1.807, 2.05) is 13.8 Å². The number of hydrogen-bond donors (Lipinski definition) is 4. The summed E-state index contributed by atoms with van der Waals surface area (Å²) in [6.45, 7) is 7.17. The van der Waals surface area contributed by atoms with Gasteiger partial charge in [0.05, 0.1) is 11.0 Å². The lowest BCUT2D eigenvalue weighted by Crippen LogP contribution is -2.43. The molecule has 174 valence electrons. The SMILES string of the molecule is CCC(C)(C(=O)Nc1ccc2nc(C)cc(N)c2c1)C(=O)Nc1ccc2nc(C)cc(N)c2c1. The van der Waals surface area contributed by atoms with Gasteiger partial charge < -0.3 is 22.1 Å². The van der Waals surface area contributed by atoms with Crippen molar-refractivity contribution in [3.05, 3.63) is 59.9 Å². The Kier molecular flexibility index (Phi) is 5.83. The molecule has 4 aromatic rings. The molecule has 2 heterocycles. The highest BCUT2D eigenvalue weighted by atomic mass is 16.2. The summed E-state index contributed by atoms with van der Waals surface area (Å²) in [5.41, 5.74) is 16.3. The first kappa shape index (κ1) is 23.0. The second kappa shape index (κ2) is 8.62. The van der Waals surface area contributed by atoms with E-state index in [1.54, 1.807) is 62.4 Å². The Bertz CT molecular complexity index is 1340. The minimum atomic E-state index is -1.31. The van der Waals surface area contributed by atoms with E-state index in [9.17, 15) is 9.59 Å². The van der Waals surface area contributed by atoms with Crippen molar-refractivity contribution in [1.29, 1.82) is 0 Å². The third-order valence-electron chi connectivity index (χ3n) is 6.16. The summed E-state index contributed by atoms with van der Waals surface area (Å²) in [6, 6.07) is 14.2. The monoisotopic (exact) mass is 456 g/mol. The zero-order valence-electron chi connectivity index (χ0n) is 19.7. The Balaban J connectivity index is 1.57. The third kappa shape index (κ3) is 4.22. The van der Waals surface area contributed by atoms with Crippen LogP contribution in [-0.2, 0) is 9.59 Å². The summed E-state index contributed by atoms with van der Waals surface area (Å²) in [7, 11) is 0. The van der Waals surface area contributed by atoms with Gasteiger partial charge in [-0.15, -0.1) is 0 Å². The fourth-order valence-electron chi connectivity index (χ4n) is 3.90. The quantitative estimate of drug-likeness (QED) is 0.325. The van der Waals surface area contributed by atoms with Crippen LogP contribution < -0.4 is 22.1 Å². The van der Waals surface area contributed by atoms with Crippen molar-refractivity contribution >= 4 is 56.4 Å². The van der Waals surface area contributed by atoms with Gasteiger partial charge in [-0.2, -0.15) is 0 Å². The zero-order valence-corrected chi connectivity index (χ0v) is 19.7. The van der Waals surface area contributed by atoms with Crippen molar-refractivity contribution < 1.29 is 9.59 Å². The van der Waals surface area contributed by atoms with E-state index >= 15 is 0 Å². The van der Waals surface area contributed by atoms with Gasteiger partial charge in [0.1, 0.15) is 5.41 Å². The maximum Gasteiger partial charge on any atom is 0.239 e. The van der Waals surface area contributed by atoms with Crippen LogP contribution in [0.4, 0.5) is 22.7 Å². The van der Waals surface area contributed by atoms with E-state index in [-0.39, 0.29) is 0 Å². The van der Waals surface area contributed by atoms with Crippen LogP contribution in [-0.4, -0.2) is 21.8 Å². The molecule has 8 heteroatoms. The molecule has 0 aliphatic heterocycles. The Morgan fingerprint density at radius 3 is 1.59 bits per heavy atom. The van der Waals surface area contributed by atoms with Crippen molar-refractivity contribution in [2.24, 2.45) is 5.41 Å². The van der Waals surface area contributed by atoms with E-state index in [1.165, 1.54) is 0 Å². The molecule has 0 atom stereocenters. The predicted octanol–water partition coefficient (Wildman–Crippen LogP) is 4.56. The van der Waals surface area contributed by atoms with Gasteiger partial charge in [-0.25, -0.2) is 0 Å². The topological polar surface area (TPSA) is 136 Å². The molecule has 0 unspecified atom stereocenters. The normalized spacial score (nSPS) is 11.5. The number of nitrogens with two attached hydrogens (primary N) is 2. The second-order valence-electron chi connectivity index (χ2n) is 8.76. The van der Waals surface area contributed by atoms with Crippen molar-refractivity contribution in [2.75, 3.05) is 22.1 Å². The van der Waals surface area contributed by atoms with Crippen molar-refractivity contribution in [3.63, 3.8) is 0 Å². The van der Waals surface area contributed by atoms with Gasteiger partial charge >= 0.3 is 0 Å². The number of benzene rings is 2. The molecule has 0 radical (unpaired) electrons. The van der Waals surface area contributed by atoms with Gasteiger partial charge in [0.2, 0.25) is 11.8 Å². The fourth-order valence-corrected chi connectivity index (χ4v) is 3.90. The number of pyridine rings is 2. The molecule has 0 aliphatic carbocycles. The molecular weight excluding hydrogens is 428 g/mol. The minimum absolute atomic E-state index is 0.303. The molecule has 4 rings (SSSR count). The average Bonchev–Trinajstić information content (AvgIpc) is 2.79. The number of rotatable bonds is 5. The minimum Gasteiger partial charge on any atom is -0.398 e. The number of nitrogens with zero attached hydrogens (tertiary/aromatic N) is 2. The predicted molar refractivity (Wildman–Crippen MR) is 137 cm³/mol. The molecule has 0 bridgehead atoms. The van der Waals surface area contributed by atoms with Crippen LogP contribution in [0.1, 0.15) is 31.7 Å². The van der Waals surface area contributed by atoms with Crippen LogP contribution in [0.5, 0.6) is 0 Å². The molecule has 0 saturated heterocycles. The number of carbonyl (C=O) groups excluding carboxylic acids is 2. The number of aromatic nitrogens is 2. The Hall–Kier alpha value is -4.20. The molecule has 2 aromatic carbocycles. The van der Waals surface area contributed by atoms with Crippen LogP contribution in [0.3, 0.4) is 0 Å². The lowest BCUT2D eigenvalue weighted by molar-refractivity contribution is -0.136. The molecule has 0 spiro atoms. The number of carbonyl (C=O) groups is 2. The van der Waals surface area contributed by atoms with Crippen molar-refractivity contribution in [1.82, 2.24) is 9.97 Å². The molecule has 8 nitrogen and oxygen atoms in total.